The molecule has 0 fully saturated rings. The van der Waals surface area contributed by atoms with Gasteiger partial charge in [0.25, 0.3) is 0 Å². The monoisotopic (exact) mass is 298 g/mol. The highest BCUT2D eigenvalue weighted by Crippen LogP contribution is 2.02. The number of amides is 1. The van der Waals surface area contributed by atoms with Gasteiger partial charge < -0.3 is 10.6 Å². The lowest BCUT2D eigenvalue weighted by Crippen LogP contribution is -2.39. The van der Waals surface area contributed by atoms with E-state index >= 15 is 0 Å². The van der Waals surface area contributed by atoms with Gasteiger partial charge in [-0.3, -0.25) is 4.79 Å². The van der Waals surface area contributed by atoms with Gasteiger partial charge in [-0.1, -0.05) is 60.2 Å². The largest absolute Gasteiger partial charge is 0.358 e. The number of thiocarbonyl (C=S) groups is 1. The minimum atomic E-state index is -0.109. The summed E-state index contributed by atoms with van der Waals surface area (Å²) in [6.07, 6.45) is 0.327. The Morgan fingerprint density at radius 3 is 2.33 bits per heavy atom. The summed E-state index contributed by atoms with van der Waals surface area (Å²) in [6, 6.07) is 17.8. The fourth-order valence-corrected chi connectivity index (χ4v) is 2.07. The van der Waals surface area contributed by atoms with Gasteiger partial charge in [0, 0.05) is 6.54 Å². The van der Waals surface area contributed by atoms with E-state index in [-0.39, 0.29) is 5.91 Å². The van der Waals surface area contributed by atoms with Crippen molar-refractivity contribution < 1.29 is 4.79 Å². The Morgan fingerprint density at radius 1 is 1.00 bits per heavy atom. The molecule has 4 heteroatoms. The molecule has 2 N–H and O–H groups in total. The molecule has 2 rings (SSSR count). The standard InChI is InChI=1S/C17H18N2OS/c1-13-7-9-15(10-8-13)12-18-17(21)19-16(20)11-14-5-3-2-4-6-14/h2-10H,11-12H2,1H3,(H2,18,19,20,21). The summed E-state index contributed by atoms with van der Waals surface area (Å²) in [5.74, 6) is -0.109. The van der Waals surface area contributed by atoms with Crippen LogP contribution in [-0.2, 0) is 17.8 Å². The van der Waals surface area contributed by atoms with Gasteiger partial charge in [-0.05, 0) is 30.3 Å². The summed E-state index contributed by atoms with van der Waals surface area (Å²) in [5.41, 5.74) is 3.31. The van der Waals surface area contributed by atoms with Gasteiger partial charge in [0.05, 0.1) is 6.42 Å². The molecule has 0 atom stereocenters. The van der Waals surface area contributed by atoms with Crippen LogP contribution in [0.25, 0.3) is 0 Å². The molecule has 0 bridgehead atoms. The second kappa shape index (κ2) is 7.55. The van der Waals surface area contributed by atoms with E-state index in [1.807, 2.05) is 61.5 Å². The predicted molar refractivity (Wildman–Crippen MR) is 88.9 cm³/mol. The molecule has 0 aliphatic carbocycles. The minimum absolute atomic E-state index is 0.109. The van der Waals surface area contributed by atoms with Crippen LogP contribution in [0.15, 0.2) is 54.6 Å². The van der Waals surface area contributed by atoms with E-state index < -0.39 is 0 Å². The quantitative estimate of drug-likeness (QED) is 0.853. The molecule has 0 unspecified atom stereocenters. The van der Waals surface area contributed by atoms with Gasteiger partial charge in [0.1, 0.15) is 0 Å². The molecule has 0 saturated carbocycles. The molecular formula is C17H18N2OS. The highest BCUT2D eigenvalue weighted by Gasteiger charge is 2.05. The van der Waals surface area contributed by atoms with Crippen molar-refractivity contribution in [2.75, 3.05) is 0 Å². The molecule has 0 radical (unpaired) electrons. The number of carbonyl (C=O) groups excluding carboxylic acids is 1. The van der Waals surface area contributed by atoms with E-state index in [0.29, 0.717) is 18.1 Å². The summed E-state index contributed by atoms with van der Waals surface area (Å²) < 4.78 is 0. The van der Waals surface area contributed by atoms with Crippen molar-refractivity contribution >= 4 is 23.2 Å². The van der Waals surface area contributed by atoms with Crippen molar-refractivity contribution in [3.63, 3.8) is 0 Å². The Kier molecular flexibility index (Phi) is 5.46. The van der Waals surface area contributed by atoms with Crippen LogP contribution in [0, 0.1) is 6.92 Å². The van der Waals surface area contributed by atoms with Crippen molar-refractivity contribution in [2.24, 2.45) is 0 Å². The molecule has 0 saturated heterocycles. The number of aryl methyl sites for hydroxylation is 1. The average Bonchev–Trinajstić information content (AvgIpc) is 2.47. The van der Waals surface area contributed by atoms with Crippen LogP contribution in [0.5, 0.6) is 0 Å². The van der Waals surface area contributed by atoms with Crippen molar-refractivity contribution in [3.05, 3.63) is 71.3 Å². The Morgan fingerprint density at radius 2 is 1.67 bits per heavy atom. The first-order chi connectivity index (χ1) is 10.1. The third-order valence-electron chi connectivity index (χ3n) is 3.03. The molecule has 3 nitrogen and oxygen atoms in total. The maximum Gasteiger partial charge on any atom is 0.230 e. The highest BCUT2D eigenvalue weighted by atomic mass is 32.1. The summed E-state index contributed by atoms with van der Waals surface area (Å²) in [7, 11) is 0. The molecule has 21 heavy (non-hydrogen) atoms. The van der Waals surface area contributed by atoms with Crippen LogP contribution in [0.2, 0.25) is 0 Å². The SMILES string of the molecule is Cc1ccc(CNC(=S)NC(=O)Cc2ccccc2)cc1. The zero-order valence-corrected chi connectivity index (χ0v) is 12.7. The third kappa shape index (κ3) is 5.36. The number of hydrogen-bond acceptors (Lipinski definition) is 2. The van der Waals surface area contributed by atoms with Gasteiger partial charge in [-0.15, -0.1) is 0 Å². The van der Waals surface area contributed by atoms with Crippen LogP contribution < -0.4 is 10.6 Å². The van der Waals surface area contributed by atoms with Gasteiger partial charge in [0.2, 0.25) is 5.91 Å². The molecule has 0 spiro atoms. The van der Waals surface area contributed by atoms with E-state index in [1.165, 1.54) is 5.56 Å². The third-order valence-corrected chi connectivity index (χ3v) is 3.28. The molecule has 2 aromatic rings. The first-order valence-corrected chi connectivity index (χ1v) is 7.21. The molecular weight excluding hydrogens is 280 g/mol. The van der Waals surface area contributed by atoms with Gasteiger partial charge in [-0.2, -0.15) is 0 Å². The Bertz CT molecular complexity index is 608. The Labute approximate surface area is 130 Å². The van der Waals surface area contributed by atoms with Crippen molar-refractivity contribution in [1.29, 1.82) is 0 Å². The molecule has 0 heterocycles. The van der Waals surface area contributed by atoms with Crippen molar-refractivity contribution in [1.82, 2.24) is 10.6 Å². The fraction of sp³-hybridized carbons (Fsp3) is 0.176. The molecule has 2 aromatic carbocycles. The van der Waals surface area contributed by atoms with E-state index in [4.69, 9.17) is 12.2 Å². The highest BCUT2D eigenvalue weighted by molar-refractivity contribution is 7.80. The first-order valence-electron chi connectivity index (χ1n) is 6.80. The van der Waals surface area contributed by atoms with Crippen molar-refractivity contribution in [3.8, 4) is 0 Å². The van der Waals surface area contributed by atoms with E-state index in [9.17, 15) is 4.79 Å². The minimum Gasteiger partial charge on any atom is -0.358 e. The molecule has 108 valence electrons. The summed E-state index contributed by atoms with van der Waals surface area (Å²) in [6.45, 7) is 2.65. The van der Waals surface area contributed by atoms with Crippen molar-refractivity contribution in [2.45, 2.75) is 19.9 Å². The first kappa shape index (κ1) is 15.2. The fourth-order valence-electron chi connectivity index (χ4n) is 1.88. The number of rotatable bonds is 4. The lowest BCUT2D eigenvalue weighted by molar-refractivity contribution is -0.119. The van der Waals surface area contributed by atoms with E-state index in [2.05, 4.69) is 10.6 Å². The van der Waals surface area contributed by atoms with E-state index in [0.717, 1.165) is 11.1 Å². The molecule has 0 aromatic heterocycles. The number of nitrogens with one attached hydrogen (secondary N) is 2. The number of carbonyl (C=O) groups is 1. The predicted octanol–water partition coefficient (Wildman–Crippen LogP) is 2.73. The maximum absolute atomic E-state index is 11.8. The Hall–Kier alpha value is -2.20. The van der Waals surface area contributed by atoms with Crippen LogP contribution in [0.1, 0.15) is 16.7 Å². The van der Waals surface area contributed by atoms with Crippen LogP contribution >= 0.6 is 12.2 Å². The van der Waals surface area contributed by atoms with Crippen LogP contribution in [0.4, 0.5) is 0 Å². The Balaban J connectivity index is 1.76. The summed E-state index contributed by atoms with van der Waals surface area (Å²) >= 11 is 5.13. The topological polar surface area (TPSA) is 41.1 Å². The zero-order valence-electron chi connectivity index (χ0n) is 11.9. The average molecular weight is 298 g/mol. The lowest BCUT2D eigenvalue weighted by atomic mass is 10.1. The molecule has 0 aliphatic heterocycles. The lowest BCUT2D eigenvalue weighted by Gasteiger charge is -2.10. The summed E-state index contributed by atoms with van der Waals surface area (Å²) in [4.78, 5) is 11.8. The maximum atomic E-state index is 11.8. The number of benzene rings is 2. The second-order valence-corrected chi connectivity index (χ2v) is 5.29. The molecule has 0 aliphatic rings. The van der Waals surface area contributed by atoms with E-state index in [1.54, 1.807) is 0 Å². The van der Waals surface area contributed by atoms with Gasteiger partial charge in [0.15, 0.2) is 5.11 Å². The summed E-state index contributed by atoms with van der Waals surface area (Å²) in [5, 5.41) is 6.08. The van der Waals surface area contributed by atoms with Gasteiger partial charge >= 0.3 is 0 Å². The number of hydrogen-bond donors (Lipinski definition) is 2. The van der Waals surface area contributed by atoms with Gasteiger partial charge in [-0.25, -0.2) is 0 Å². The second-order valence-electron chi connectivity index (χ2n) is 4.88. The zero-order chi connectivity index (χ0) is 15.1. The van der Waals surface area contributed by atoms with Crippen LogP contribution in [0.3, 0.4) is 0 Å². The molecule has 1 amide bonds. The van der Waals surface area contributed by atoms with Crippen LogP contribution in [-0.4, -0.2) is 11.0 Å². The smallest absolute Gasteiger partial charge is 0.230 e. The normalized spacial score (nSPS) is 9.95.